The van der Waals surface area contributed by atoms with E-state index in [9.17, 15) is 4.79 Å². The first-order valence-corrected chi connectivity index (χ1v) is 9.59. The zero-order chi connectivity index (χ0) is 23.1. The number of nitrogens with zero attached hydrogens (tertiary/aromatic N) is 6. The topological polar surface area (TPSA) is 68.8 Å². The van der Waals surface area contributed by atoms with Crippen LogP contribution in [0.1, 0.15) is 49.9 Å². The number of rotatable bonds is 1. The average molecular weight is 397 g/mol. The molecule has 2 atom stereocenters. The molecule has 30 heavy (non-hydrogen) atoms. The van der Waals surface area contributed by atoms with Crippen molar-refractivity contribution in [2.75, 3.05) is 6.98 Å². The number of carbonyl (C=O) groups is 1. The number of hydrogen-bond acceptors (Lipinski definition) is 4. The Balaban J connectivity index is 1.66. The SMILES string of the molecule is [2H]C([2H])([2H])N1C(=O)c2cccc(C#C)c2[C@H]2C[C@@H]1c1nc3ccc(-c4cnn(C)n4)cc3n12. The number of fused-ring (bicyclic) bond motifs is 9. The number of imidazole rings is 1. The standard InChI is InChI=1S/C23H18N6O/c1-4-13-6-5-7-15-21(13)19-11-20(27(2)23(15)30)22-25-16-9-8-14(10-18(16)29(19)22)17-12-24-28(3)26-17/h1,5-10,12,19-20H,11H2,2-3H3/t19-,20-/m1/s1/i2D3. The molecule has 2 aromatic heterocycles. The maximum atomic E-state index is 13.5. The van der Waals surface area contributed by atoms with Crippen LogP contribution >= 0.6 is 0 Å². The van der Waals surface area contributed by atoms with Crippen LogP contribution in [0.25, 0.3) is 22.3 Å². The van der Waals surface area contributed by atoms with Crippen LogP contribution in [0.5, 0.6) is 0 Å². The highest BCUT2D eigenvalue weighted by Gasteiger charge is 2.44. The lowest BCUT2D eigenvalue weighted by atomic mass is 9.93. The molecule has 0 aliphatic carbocycles. The second kappa shape index (κ2) is 5.80. The van der Waals surface area contributed by atoms with E-state index in [2.05, 4.69) is 16.1 Å². The third-order valence-corrected chi connectivity index (χ3v) is 6.02. The highest BCUT2D eigenvalue weighted by atomic mass is 16.2. The van der Waals surface area contributed by atoms with Gasteiger partial charge in [0.25, 0.3) is 5.91 Å². The van der Waals surface area contributed by atoms with Crippen LogP contribution in [0.4, 0.5) is 0 Å². The molecule has 0 saturated carbocycles. The van der Waals surface area contributed by atoms with Gasteiger partial charge in [-0.1, -0.05) is 18.1 Å². The maximum absolute atomic E-state index is 13.5. The van der Waals surface area contributed by atoms with Gasteiger partial charge in [0.15, 0.2) is 0 Å². The molecule has 146 valence electrons. The molecule has 2 aromatic carbocycles. The van der Waals surface area contributed by atoms with E-state index in [1.807, 2.05) is 22.8 Å². The first kappa shape index (κ1) is 14.1. The number of aryl methyl sites for hydroxylation is 1. The highest BCUT2D eigenvalue weighted by molar-refractivity contribution is 5.97. The fraction of sp³-hybridized carbons (Fsp3) is 0.217. The van der Waals surface area contributed by atoms with E-state index < -0.39 is 18.9 Å². The molecule has 4 heterocycles. The van der Waals surface area contributed by atoms with Gasteiger partial charge in [0, 0.05) is 46.8 Å². The molecule has 7 heteroatoms. The van der Waals surface area contributed by atoms with Gasteiger partial charge in [-0.2, -0.15) is 15.0 Å². The van der Waals surface area contributed by atoms with E-state index in [4.69, 9.17) is 15.5 Å². The molecule has 0 unspecified atom stereocenters. The summed E-state index contributed by atoms with van der Waals surface area (Å²) in [5.41, 5.74) is 4.71. The monoisotopic (exact) mass is 397 g/mol. The first-order valence-electron chi connectivity index (χ1n) is 11.1. The summed E-state index contributed by atoms with van der Waals surface area (Å²) in [5.74, 6) is 2.69. The summed E-state index contributed by atoms with van der Waals surface area (Å²) in [6.07, 6.45) is 7.88. The van der Waals surface area contributed by atoms with Gasteiger partial charge in [-0.25, -0.2) is 4.98 Å². The molecule has 2 bridgehead atoms. The molecular formula is C23H18N6O. The number of benzene rings is 2. The van der Waals surface area contributed by atoms with Crippen LogP contribution in [0.15, 0.2) is 42.6 Å². The highest BCUT2D eigenvalue weighted by Crippen LogP contribution is 2.48. The largest absolute Gasteiger partial charge is 0.331 e. The fourth-order valence-electron chi connectivity index (χ4n) is 4.71. The fourth-order valence-corrected chi connectivity index (χ4v) is 4.71. The summed E-state index contributed by atoms with van der Waals surface area (Å²) in [6, 6.07) is 9.90. The normalized spacial score (nSPS) is 21.4. The molecule has 2 aliphatic heterocycles. The number of carbonyl (C=O) groups excluding carboxylic acids is 1. The van der Waals surface area contributed by atoms with Gasteiger partial charge in [-0.3, -0.25) is 4.79 Å². The Labute approximate surface area is 177 Å². The molecule has 7 nitrogen and oxygen atoms in total. The Bertz CT molecular complexity index is 1510. The van der Waals surface area contributed by atoms with Crippen LogP contribution < -0.4 is 0 Å². The summed E-state index contributed by atoms with van der Waals surface area (Å²) in [4.78, 5) is 20.7. The van der Waals surface area contributed by atoms with Crippen LogP contribution in [0.2, 0.25) is 0 Å². The summed E-state index contributed by atoms with van der Waals surface area (Å²) in [6.45, 7) is -2.63. The van der Waals surface area contributed by atoms with Gasteiger partial charge >= 0.3 is 0 Å². The van der Waals surface area contributed by atoms with Crippen LogP contribution in [0, 0.1) is 12.3 Å². The first-order chi connectivity index (χ1) is 15.8. The van der Waals surface area contributed by atoms with Gasteiger partial charge in [0.1, 0.15) is 11.5 Å². The van der Waals surface area contributed by atoms with Gasteiger partial charge in [-0.05, 0) is 24.3 Å². The zero-order valence-corrected chi connectivity index (χ0v) is 16.1. The summed E-state index contributed by atoms with van der Waals surface area (Å²) in [7, 11) is 1.75. The number of terminal acetylenes is 1. The lowest BCUT2D eigenvalue weighted by molar-refractivity contribution is 0.0734. The molecule has 1 amide bonds. The van der Waals surface area contributed by atoms with Gasteiger partial charge in [-0.15, -0.1) is 6.42 Å². The maximum Gasteiger partial charge on any atom is 0.254 e. The van der Waals surface area contributed by atoms with E-state index >= 15 is 0 Å². The van der Waals surface area contributed by atoms with Gasteiger partial charge in [0.05, 0.1) is 29.3 Å². The van der Waals surface area contributed by atoms with Crippen molar-refractivity contribution in [2.24, 2.45) is 7.05 Å². The minimum atomic E-state index is -2.63. The summed E-state index contributed by atoms with van der Waals surface area (Å²) >= 11 is 0. The second-order valence-corrected chi connectivity index (χ2v) is 7.62. The average Bonchev–Trinajstić information content (AvgIpc) is 3.44. The van der Waals surface area contributed by atoms with E-state index in [0.717, 1.165) is 21.7 Å². The second-order valence-electron chi connectivity index (χ2n) is 7.62. The van der Waals surface area contributed by atoms with E-state index in [1.165, 1.54) is 4.80 Å². The van der Waals surface area contributed by atoms with Crippen LogP contribution in [-0.4, -0.2) is 42.3 Å². The molecule has 2 aliphatic rings. The van der Waals surface area contributed by atoms with E-state index in [1.54, 1.807) is 31.4 Å². The molecule has 0 N–H and O–H groups in total. The third kappa shape index (κ3) is 2.10. The van der Waals surface area contributed by atoms with E-state index in [-0.39, 0.29) is 6.04 Å². The van der Waals surface area contributed by atoms with Gasteiger partial charge < -0.3 is 9.47 Å². The minimum absolute atomic E-state index is 0.314. The number of amides is 1. The van der Waals surface area contributed by atoms with Gasteiger partial charge in [0.2, 0.25) is 0 Å². The molecule has 0 fully saturated rings. The van der Waals surface area contributed by atoms with Crippen LogP contribution in [-0.2, 0) is 7.05 Å². The van der Waals surface area contributed by atoms with Crippen molar-refractivity contribution in [1.82, 2.24) is 29.4 Å². The van der Waals surface area contributed by atoms with Crippen molar-refractivity contribution in [2.45, 2.75) is 18.5 Å². The summed E-state index contributed by atoms with van der Waals surface area (Å²) in [5, 5.41) is 8.54. The van der Waals surface area contributed by atoms with Crippen LogP contribution in [0.3, 0.4) is 0 Å². The molecule has 6 rings (SSSR count). The Kier molecular flexibility index (Phi) is 2.73. The van der Waals surface area contributed by atoms with Crippen molar-refractivity contribution >= 4 is 16.9 Å². The number of aromatic nitrogens is 5. The van der Waals surface area contributed by atoms with Crippen molar-refractivity contribution in [3.05, 3.63) is 65.1 Å². The predicted molar refractivity (Wildman–Crippen MR) is 112 cm³/mol. The van der Waals surface area contributed by atoms with Crippen molar-refractivity contribution < 1.29 is 8.91 Å². The quantitative estimate of drug-likeness (QED) is 0.463. The zero-order valence-electron chi connectivity index (χ0n) is 19.1. The molecular weight excluding hydrogens is 376 g/mol. The minimum Gasteiger partial charge on any atom is -0.331 e. The Morgan fingerprint density at radius 1 is 1.27 bits per heavy atom. The third-order valence-electron chi connectivity index (χ3n) is 6.02. The lowest BCUT2D eigenvalue weighted by Crippen LogP contribution is -2.30. The lowest BCUT2D eigenvalue weighted by Gasteiger charge is -2.24. The smallest absolute Gasteiger partial charge is 0.254 e. The van der Waals surface area contributed by atoms with Crippen molar-refractivity contribution in [3.8, 4) is 23.6 Å². The Morgan fingerprint density at radius 3 is 2.93 bits per heavy atom. The van der Waals surface area contributed by atoms with Crippen molar-refractivity contribution in [1.29, 1.82) is 0 Å². The Hall–Kier alpha value is -3.92. The van der Waals surface area contributed by atoms with E-state index in [0.29, 0.717) is 34.5 Å². The summed E-state index contributed by atoms with van der Waals surface area (Å²) < 4.78 is 26.4. The molecule has 0 radical (unpaired) electrons. The van der Waals surface area contributed by atoms with Crippen molar-refractivity contribution in [3.63, 3.8) is 0 Å². The molecule has 4 aromatic rings. The predicted octanol–water partition coefficient (Wildman–Crippen LogP) is 2.93. The Morgan fingerprint density at radius 2 is 2.17 bits per heavy atom. The molecule has 0 saturated heterocycles. The molecule has 0 spiro atoms. The number of hydrogen-bond donors (Lipinski definition) is 0.